The minimum atomic E-state index is 0.240. The van der Waals surface area contributed by atoms with Crippen LogP contribution in [0.4, 0.5) is 0 Å². The van der Waals surface area contributed by atoms with Gasteiger partial charge in [0.1, 0.15) is 0 Å². The summed E-state index contributed by atoms with van der Waals surface area (Å²) in [5, 5.41) is 0. The average molecular weight is 423 g/mol. The third-order valence-electron chi connectivity index (χ3n) is 3.75. The zero-order chi connectivity index (χ0) is 13.0. The lowest BCUT2D eigenvalue weighted by molar-refractivity contribution is -0.0461. The van der Waals surface area contributed by atoms with Crippen LogP contribution in [-0.4, -0.2) is 10.5 Å². The molecule has 0 heterocycles. The highest BCUT2D eigenvalue weighted by molar-refractivity contribution is 14.1. The molecule has 0 bridgehead atoms. The standard InChI is InChI=1S/C15H20BrIO/c1-11-4-2-3-5-14(11)18-15(10-17)12-6-8-13(16)9-7-12/h6-9,11,14-15H,2-5,10H2,1H3. The lowest BCUT2D eigenvalue weighted by Crippen LogP contribution is -2.27. The first-order valence-corrected chi connectivity index (χ1v) is 8.99. The Hall–Kier alpha value is 0.390. The fourth-order valence-corrected chi connectivity index (χ4v) is 3.56. The summed E-state index contributed by atoms with van der Waals surface area (Å²) >= 11 is 5.91. The Kier molecular flexibility index (Phi) is 5.96. The van der Waals surface area contributed by atoms with Gasteiger partial charge in [0.2, 0.25) is 0 Å². The van der Waals surface area contributed by atoms with Gasteiger partial charge >= 0.3 is 0 Å². The number of alkyl halides is 1. The molecule has 1 aliphatic carbocycles. The zero-order valence-electron chi connectivity index (χ0n) is 10.7. The molecule has 100 valence electrons. The van der Waals surface area contributed by atoms with E-state index in [0.29, 0.717) is 12.0 Å². The second-order valence-electron chi connectivity index (χ2n) is 5.13. The Balaban J connectivity index is 2.02. The van der Waals surface area contributed by atoms with E-state index in [1.807, 2.05) is 0 Å². The summed E-state index contributed by atoms with van der Waals surface area (Å²) in [6, 6.07) is 8.53. The Labute approximate surface area is 132 Å². The SMILES string of the molecule is CC1CCCCC1OC(CI)c1ccc(Br)cc1. The summed E-state index contributed by atoms with van der Waals surface area (Å²) in [6.07, 6.45) is 5.92. The molecule has 0 spiro atoms. The predicted octanol–water partition coefficient (Wildman–Crippen LogP) is 5.52. The topological polar surface area (TPSA) is 9.23 Å². The quantitative estimate of drug-likeness (QED) is 0.458. The smallest absolute Gasteiger partial charge is 0.0918 e. The van der Waals surface area contributed by atoms with Crippen LogP contribution in [0.15, 0.2) is 28.7 Å². The van der Waals surface area contributed by atoms with Gasteiger partial charge in [-0.05, 0) is 36.5 Å². The minimum absolute atomic E-state index is 0.240. The maximum atomic E-state index is 6.36. The fraction of sp³-hybridized carbons (Fsp3) is 0.600. The van der Waals surface area contributed by atoms with Crippen molar-refractivity contribution in [3.05, 3.63) is 34.3 Å². The van der Waals surface area contributed by atoms with Crippen molar-refractivity contribution in [1.29, 1.82) is 0 Å². The van der Waals surface area contributed by atoms with E-state index in [9.17, 15) is 0 Å². The minimum Gasteiger partial charge on any atom is -0.369 e. The number of rotatable bonds is 4. The molecule has 0 aliphatic heterocycles. The molecule has 1 aliphatic rings. The van der Waals surface area contributed by atoms with E-state index < -0.39 is 0 Å². The van der Waals surface area contributed by atoms with E-state index in [1.54, 1.807) is 0 Å². The maximum Gasteiger partial charge on any atom is 0.0918 e. The van der Waals surface area contributed by atoms with Gasteiger partial charge in [-0.25, -0.2) is 0 Å². The maximum absolute atomic E-state index is 6.36. The molecule has 0 radical (unpaired) electrons. The molecule has 1 fully saturated rings. The van der Waals surface area contributed by atoms with Crippen molar-refractivity contribution in [3.8, 4) is 0 Å². The van der Waals surface area contributed by atoms with Crippen LogP contribution in [0.1, 0.15) is 44.3 Å². The normalized spacial score (nSPS) is 25.9. The summed E-state index contributed by atoms with van der Waals surface area (Å²) in [6.45, 7) is 2.33. The van der Waals surface area contributed by atoms with Gasteiger partial charge in [-0.2, -0.15) is 0 Å². The second kappa shape index (κ2) is 7.25. The Morgan fingerprint density at radius 2 is 1.94 bits per heavy atom. The summed E-state index contributed by atoms with van der Waals surface area (Å²) < 4.78 is 8.50. The average Bonchev–Trinajstić information content (AvgIpc) is 2.39. The van der Waals surface area contributed by atoms with E-state index in [-0.39, 0.29) is 6.10 Å². The molecule has 3 unspecified atom stereocenters. The summed E-state index contributed by atoms with van der Waals surface area (Å²) in [5.41, 5.74) is 1.30. The first-order valence-electron chi connectivity index (χ1n) is 6.67. The van der Waals surface area contributed by atoms with Gasteiger partial charge in [-0.1, -0.05) is 70.4 Å². The molecule has 18 heavy (non-hydrogen) atoms. The van der Waals surface area contributed by atoms with Crippen LogP contribution in [0.25, 0.3) is 0 Å². The van der Waals surface area contributed by atoms with Gasteiger partial charge in [-0.3, -0.25) is 0 Å². The molecule has 0 aromatic heterocycles. The zero-order valence-corrected chi connectivity index (χ0v) is 14.5. The third-order valence-corrected chi connectivity index (χ3v) is 5.08. The fourth-order valence-electron chi connectivity index (χ4n) is 2.58. The molecule has 1 aromatic carbocycles. The van der Waals surface area contributed by atoms with Gasteiger partial charge < -0.3 is 4.74 Å². The molecule has 0 N–H and O–H groups in total. The second-order valence-corrected chi connectivity index (χ2v) is 6.93. The molecule has 1 aromatic rings. The largest absolute Gasteiger partial charge is 0.369 e. The lowest BCUT2D eigenvalue weighted by Gasteiger charge is -2.32. The molecule has 1 nitrogen and oxygen atoms in total. The third kappa shape index (κ3) is 3.94. The summed E-state index contributed by atoms with van der Waals surface area (Å²) in [4.78, 5) is 0. The first kappa shape index (κ1) is 14.8. The van der Waals surface area contributed by atoms with Crippen molar-refractivity contribution in [1.82, 2.24) is 0 Å². The Morgan fingerprint density at radius 1 is 1.28 bits per heavy atom. The van der Waals surface area contributed by atoms with Crippen LogP contribution in [0.2, 0.25) is 0 Å². The van der Waals surface area contributed by atoms with Crippen molar-refractivity contribution in [2.75, 3.05) is 4.43 Å². The molecular weight excluding hydrogens is 403 g/mol. The molecule has 2 rings (SSSR count). The number of benzene rings is 1. The van der Waals surface area contributed by atoms with Crippen LogP contribution >= 0.6 is 38.5 Å². The van der Waals surface area contributed by atoms with E-state index in [2.05, 4.69) is 69.7 Å². The van der Waals surface area contributed by atoms with Crippen molar-refractivity contribution in [2.24, 2.45) is 5.92 Å². The highest BCUT2D eigenvalue weighted by Crippen LogP contribution is 2.32. The highest BCUT2D eigenvalue weighted by Gasteiger charge is 2.25. The van der Waals surface area contributed by atoms with Crippen molar-refractivity contribution in [2.45, 2.75) is 44.8 Å². The Morgan fingerprint density at radius 3 is 2.56 bits per heavy atom. The van der Waals surface area contributed by atoms with Crippen molar-refractivity contribution < 1.29 is 4.74 Å². The van der Waals surface area contributed by atoms with Crippen LogP contribution in [0, 0.1) is 5.92 Å². The van der Waals surface area contributed by atoms with Gasteiger partial charge in [-0.15, -0.1) is 0 Å². The van der Waals surface area contributed by atoms with E-state index in [1.165, 1.54) is 31.2 Å². The predicted molar refractivity (Wildman–Crippen MR) is 88.3 cm³/mol. The summed E-state index contributed by atoms with van der Waals surface area (Å²) in [7, 11) is 0. The van der Waals surface area contributed by atoms with Crippen LogP contribution in [-0.2, 0) is 4.74 Å². The molecular formula is C15H20BrIO. The van der Waals surface area contributed by atoms with Crippen LogP contribution in [0.5, 0.6) is 0 Å². The monoisotopic (exact) mass is 422 g/mol. The van der Waals surface area contributed by atoms with E-state index >= 15 is 0 Å². The highest BCUT2D eigenvalue weighted by atomic mass is 127. The van der Waals surface area contributed by atoms with Gasteiger partial charge in [0, 0.05) is 8.90 Å². The van der Waals surface area contributed by atoms with Gasteiger partial charge in [0.05, 0.1) is 12.2 Å². The van der Waals surface area contributed by atoms with Crippen molar-refractivity contribution >= 4 is 38.5 Å². The molecule has 3 heteroatoms. The lowest BCUT2D eigenvalue weighted by atomic mass is 9.88. The van der Waals surface area contributed by atoms with Gasteiger partial charge in [0.15, 0.2) is 0 Å². The number of hydrogen-bond acceptors (Lipinski definition) is 1. The Bertz CT molecular complexity index is 365. The first-order chi connectivity index (χ1) is 8.70. The van der Waals surface area contributed by atoms with Gasteiger partial charge in [0.25, 0.3) is 0 Å². The molecule has 0 amide bonds. The van der Waals surface area contributed by atoms with Crippen LogP contribution < -0.4 is 0 Å². The number of hydrogen-bond donors (Lipinski definition) is 0. The van der Waals surface area contributed by atoms with Crippen LogP contribution in [0.3, 0.4) is 0 Å². The molecule has 1 saturated carbocycles. The van der Waals surface area contributed by atoms with E-state index in [4.69, 9.17) is 4.74 Å². The molecule has 0 saturated heterocycles. The number of ether oxygens (including phenoxy) is 1. The summed E-state index contributed by atoms with van der Waals surface area (Å²) in [5.74, 6) is 0.708. The van der Waals surface area contributed by atoms with E-state index in [0.717, 1.165) is 8.90 Å². The molecule has 3 atom stereocenters. The van der Waals surface area contributed by atoms with Crippen molar-refractivity contribution in [3.63, 3.8) is 0 Å². The number of halogens is 2.